The molecule has 0 saturated carbocycles. The fraction of sp³-hybridized carbons (Fsp3) is 0.946. The van der Waals surface area contributed by atoms with Gasteiger partial charge in [0.25, 0.3) is 0 Å². The number of carbonyl (C=O) groups is 2. The van der Waals surface area contributed by atoms with Gasteiger partial charge in [-0.05, 0) is 78.6 Å². The third kappa shape index (κ3) is 32.2. The number of hydrogen-bond donors (Lipinski definition) is 0. The maximum absolute atomic E-state index is 12.1. The van der Waals surface area contributed by atoms with Crippen molar-refractivity contribution in [3.63, 3.8) is 0 Å². The van der Waals surface area contributed by atoms with E-state index in [9.17, 15) is 9.59 Å². The van der Waals surface area contributed by atoms with Crippen LogP contribution in [0.15, 0.2) is 0 Å². The van der Waals surface area contributed by atoms with Crippen LogP contribution in [-0.4, -0.2) is 82.7 Å². The summed E-state index contributed by atoms with van der Waals surface area (Å²) in [5, 5.41) is 0. The Morgan fingerprint density at radius 1 is 0.628 bits per heavy atom. The molecule has 0 bridgehead atoms. The third-order valence-corrected chi connectivity index (χ3v) is 8.43. The Kier molecular flexibility index (Phi) is 36.4. The van der Waals surface area contributed by atoms with Crippen LogP contribution in [0, 0.1) is 11.8 Å². The van der Waals surface area contributed by atoms with E-state index in [-0.39, 0.29) is 11.9 Å². The van der Waals surface area contributed by atoms with Gasteiger partial charge in [0.15, 0.2) is 0 Å². The lowest BCUT2D eigenvalue weighted by molar-refractivity contribution is -0.149. The van der Waals surface area contributed by atoms with E-state index >= 15 is 0 Å². The molecule has 0 N–H and O–H groups in total. The van der Waals surface area contributed by atoms with Crippen LogP contribution in [0.4, 0.5) is 0 Å². The van der Waals surface area contributed by atoms with Crippen molar-refractivity contribution < 1.29 is 19.1 Å². The van der Waals surface area contributed by atoms with Crippen LogP contribution in [0.3, 0.4) is 0 Å². The fourth-order valence-corrected chi connectivity index (χ4v) is 5.17. The number of likely N-dealkylation sites (N-methyl/N-ethyl adjacent to an activating group) is 1. The van der Waals surface area contributed by atoms with Gasteiger partial charge in [-0.2, -0.15) is 0 Å². The van der Waals surface area contributed by atoms with E-state index in [0.717, 1.165) is 64.4 Å². The van der Waals surface area contributed by atoms with Crippen molar-refractivity contribution in [2.24, 2.45) is 11.8 Å². The molecule has 2 unspecified atom stereocenters. The number of ether oxygens (including phenoxy) is 2. The molecular weight excluding hydrogens is 536 g/mol. The van der Waals surface area contributed by atoms with E-state index in [4.69, 9.17) is 9.47 Å². The van der Waals surface area contributed by atoms with Crippen LogP contribution in [0.1, 0.15) is 156 Å². The van der Waals surface area contributed by atoms with Gasteiger partial charge in [0.2, 0.25) is 0 Å². The summed E-state index contributed by atoms with van der Waals surface area (Å²) < 4.78 is 10.7. The van der Waals surface area contributed by atoms with Crippen molar-refractivity contribution in [2.75, 3.05) is 60.6 Å². The molecule has 6 nitrogen and oxygen atoms in total. The first-order valence-electron chi connectivity index (χ1n) is 18.4. The van der Waals surface area contributed by atoms with Gasteiger partial charge in [-0.25, -0.2) is 0 Å². The number of carbonyl (C=O) groups excluding carboxylic acids is 2. The highest BCUT2D eigenvalue weighted by atomic mass is 16.5. The van der Waals surface area contributed by atoms with Gasteiger partial charge in [-0.15, -0.1) is 0 Å². The summed E-state index contributed by atoms with van der Waals surface area (Å²) in [6.07, 6.45) is 24.9. The molecule has 0 saturated heterocycles. The Hall–Kier alpha value is -0.980. The second kappa shape index (κ2) is 35.5. The van der Waals surface area contributed by atoms with Gasteiger partial charge in [0.05, 0.1) is 12.5 Å². The van der Waals surface area contributed by atoms with Gasteiger partial charge in [-0.1, -0.05) is 105 Å². The van der Waals surface area contributed by atoms with Crippen molar-refractivity contribution in [1.82, 2.24) is 9.80 Å². The largest absolute Gasteiger partial charge is 0.465 e. The Morgan fingerprint density at radius 2 is 1.14 bits per heavy atom. The molecule has 0 aliphatic rings. The molecule has 258 valence electrons. The first-order valence-corrected chi connectivity index (χ1v) is 18.4. The average molecular weight is 613 g/mol. The first kappa shape index (κ1) is 44.1. The molecule has 0 aliphatic carbocycles. The minimum atomic E-state index is 0.0276. The maximum Gasteiger partial charge on any atom is 0.308 e. The predicted octanol–water partition coefficient (Wildman–Crippen LogP) is 9.34. The summed E-state index contributed by atoms with van der Waals surface area (Å²) in [5.41, 5.74) is 0. The number of esters is 1. The molecule has 0 aromatic rings. The van der Waals surface area contributed by atoms with E-state index in [1.807, 2.05) is 0 Å². The van der Waals surface area contributed by atoms with Crippen LogP contribution in [-0.2, 0) is 19.1 Å². The molecule has 0 spiro atoms. The second-order valence-corrected chi connectivity index (χ2v) is 12.7. The normalized spacial score (nSPS) is 12.7. The van der Waals surface area contributed by atoms with Crippen LogP contribution >= 0.6 is 0 Å². The maximum atomic E-state index is 12.1. The molecule has 0 aliphatic heterocycles. The minimum absolute atomic E-state index is 0.0276. The van der Waals surface area contributed by atoms with Gasteiger partial charge in [0, 0.05) is 32.7 Å². The fourth-order valence-electron chi connectivity index (χ4n) is 5.17. The molecule has 0 aromatic carbocycles. The molecule has 6 heteroatoms. The molecule has 0 radical (unpaired) electrons. The SMILES string of the molecule is CCCCC(C=O)CC.CCCCC(CC)C(=O)OCCCCCCCCN(CCCCCCCCOC)CCN(C)C. The lowest BCUT2D eigenvalue weighted by atomic mass is 10.00. The van der Waals surface area contributed by atoms with E-state index < -0.39 is 0 Å². The highest BCUT2D eigenvalue weighted by Gasteiger charge is 2.16. The standard InChI is InChI=1S/C29H60N2O3.C8H16O/c1-6-8-21-28(7-2)29(32)34-27-20-16-12-10-14-18-23-31(25-24-30(3)4)22-17-13-9-11-15-19-26-33-5;1-3-5-6-8(4-2)7-9/h28H,6-27H2,1-5H3;7-8H,3-6H2,1-2H3. The summed E-state index contributed by atoms with van der Waals surface area (Å²) in [4.78, 5) is 27.4. The zero-order valence-electron chi connectivity index (χ0n) is 30.1. The van der Waals surface area contributed by atoms with Gasteiger partial charge in [-0.3, -0.25) is 4.79 Å². The van der Waals surface area contributed by atoms with E-state index in [1.165, 1.54) is 103 Å². The van der Waals surface area contributed by atoms with Crippen LogP contribution < -0.4 is 0 Å². The molecule has 0 amide bonds. The van der Waals surface area contributed by atoms with Crippen LogP contribution in [0.25, 0.3) is 0 Å². The third-order valence-electron chi connectivity index (χ3n) is 8.43. The second-order valence-electron chi connectivity index (χ2n) is 12.7. The quantitative estimate of drug-likeness (QED) is 0.0442. The first-order chi connectivity index (χ1) is 20.9. The Labute approximate surface area is 269 Å². The zero-order valence-corrected chi connectivity index (χ0v) is 30.1. The molecule has 43 heavy (non-hydrogen) atoms. The predicted molar refractivity (Wildman–Crippen MR) is 186 cm³/mol. The summed E-state index contributed by atoms with van der Waals surface area (Å²) in [6.45, 7) is 14.8. The Bertz CT molecular complexity index is 573. The van der Waals surface area contributed by atoms with Crippen LogP contribution in [0.5, 0.6) is 0 Å². The smallest absolute Gasteiger partial charge is 0.308 e. The monoisotopic (exact) mass is 613 g/mol. The molecular formula is C37H76N2O4. The van der Waals surface area contributed by atoms with Gasteiger partial charge < -0.3 is 24.1 Å². The number of methoxy groups -OCH3 is 1. The topological polar surface area (TPSA) is 59.1 Å². The molecule has 2 atom stereocenters. The van der Waals surface area contributed by atoms with E-state index in [1.54, 1.807) is 7.11 Å². The number of unbranched alkanes of at least 4 members (excludes halogenated alkanes) is 12. The molecule has 0 heterocycles. The lowest BCUT2D eigenvalue weighted by Crippen LogP contribution is -2.33. The van der Waals surface area contributed by atoms with Crippen molar-refractivity contribution in [1.29, 1.82) is 0 Å². The van der Waals surface area contributed by atoms with Crippen molar-refractivity contribution in [2.45, 2.75) is 156 Å². The summed E-state index contributed by atoms with van der Waals surface area (Å²) in [5.74, 6) is 0.459. The molecule has 0 fully saturated rings. The summed E-state index contributed by atoms with van der Waals surface area (Å²) in [6, 6.07) is 0. The van der Waals surface area contributed by atoms with E-state index in [2.05, 4.69) is 51.6 Å². The Morgan fingerprint density at radius 3 is 1.60 bits per heavy atom. The van der Waals surface area contributed by atoms with Gasteiger partial charge in [0.1, 0.15) is 6.29 Å². The van der Waals surface area contributed by atoms with Crippen LogP contribution in [0.2, 0.25) is 0 Å². The van der Waals surface area contributed by atoms with Crippen molar-refractivity contribution in [3.8, 4) is 0 Å². The molecule has 0 rings (SSSR count). The van der Waals surface area contributed by atoms with Crippen molar-refractivity contribution in [3.05, 3.63) is 0 Å². The highest BCUT2D eigenvalue weighted by Crippen LogP contribution is 2.15. The highest BCUT2D eigenvalue weighted by molar-refractivity contribution is 5.72. The molecule has 0 aromatic heterocycles. The number of nitrogens with zero attached hydrogens (tertiary/aromatic N) is 2. The van der Waals surface area contributed by atoms with E-state index in [0.29, 0.717) is 12.5 Å². The zero-order chi connectivity index (χ0) is 32.4. The minimum Gasteiger partial charge on any atom is -0.465 e. The summed E-state index contributed by atoms with van der Waals surface area (Å²) >= 11 is 0. The lowest BCUT2D eigenvalue weighted by Gasteiger charge is -2.24. The van der Waals surface area contributed by atoms with Crippen molar-refractivity contribution >= 4 is 12.3 Å². The number of aldehydes is 1. The summed E-state index contributed by atoms with van der Waals surface area (Å²) in [7, 11) is 6.13. The number of rotatable bonds is 31. The number of hydrogen-bond acceptors (Lipinski definition) is 6. The average Bonchev–Trinajstić information content (AvgIpc) is 3.01. The van der Waals surface area contributed by atoms with Gasteiger partial charge >= 0.3 is 5.97 Å². The Balaban J connectivity index is 0.